The Morgan fingerprint density at radius 1 is 1.06 bits per heavy atom. The molecule has 0 fully saturated rings. The number of carbonyl (C=O) groups is 1. The Kier molecular flexibility index (Phi) is 4.91. The van der Waals surface area contributed by atoms with Crippen molar-refractivity contribution in [2.45, 2.75) is 20.4 Å². The van der Waals surface area contributed by atoms with E-state index in [-0.39, 0.29) is 11.3 Å². The van der Waals surface area contributed by atoms with Crippen LogP contribution in [0, 0.1) is 36.0 Å². The van der Waals surface area contributed by atoms with E-state index < -0.39 is 40.7 Å². The number of nitrogens with zero attached hydrogens (tertiary/aromatic N) is 5. The summed E-state index contributed by atoms with van der Waals surface area (Å²) in [7, 11) is 0. The number of aryl methyl sites for hydroxylation is 1. The zero-order chi connectivity index (χ0) is 22.4. The molecule has 0 unspecified atom stereocenters. The van der Waals surface area contributed by atoms with Crippen molar-refractivity contribution in [1.29, 1.82) is 0 Å². The molecule has 12 heteroatoms. The second-order valence-electron chi connectivity index (χ2n) is 6.49. The van der Waals surface area contributed by atoms with Crippen LogP contribution in [0.1, 0.15) is 23.1 Å². The molecule has 31 heavy (non-hydrogen) atoms. The molecule has 3 aromatic heterocycles. The maximum atomic E-state index is 13.9. The number of anilines is 1. The summed E-state index contributed by atoms with van der Waals surface area (Å²) in [5.74, 6) is -12.2. The maximum Gasteiger partial charge on any atom is 0.276 e. The number of rotatable bonds is 4. The van der Waals surface area contributed by atoms with Gasteiger partial charge in [-0.1, -0.05) is 0 Å². The Balaban J connectivity index is 1.75. The maximum absolute atomic E-state index is 13.9. The summed E-state index contributed by atoms with van der Waals surface area (Å²) in [6, 6.07) is 2.85. The van der Waals surface area contributed by atoms with E-state index in [1.807, 2.05) is 13.8 Å². The van der Waals surface area contributed by atoms with Gasteiger partial charge in [0.25, 0.3) is 5.91 Å². The number of halogens is 5. The minimum atomic E-state index is -2.32. The van der Waals surface area contributed by atoms with Crippen molar-refractivity contribution in [2.75, 3.05) is 5.32 Å². The third kappa shape index (κ3) is 3.20. The number of nitrogens with one attached hydrogen (secondary N) is 1. The topological polar surface area (TPSA) is 77.1 Å². The van der Waals surface area contributed by atoms with Crippen LogP contribution in [0.2, 0.25) is 0 Å². The predicted octanol–water partition coefficient (Wildman–Crippen LogP) is 3.87. The van der Waals surface area contributed by atoms with E-state index in [2.05, 4.69) is 15.2 Å². The van der Waals surface area contributed by atoms with Gasteiger partial charge in [-0.15, -0.1) is 0 Å². The van der Waals surface area contributed by atoms with Gasteiger partial charge in [0.05, 0.1) is 11.9 Å². The van der Waals surface area contributed by atoms with Crippen molar-refractivity contribution in [2.24, 2.45) is 0 Å². The van der Waals surface area contributed by atoms with Crippen LogP contribution in [0.25, 0.3) is 16.9 Å². The van der Waals surface area contributed by atoms with Crippen molar-refractivity contribution >= 4 is 17.2 Å². The first-order chi connectivity index (χ1) is 14.7. The highest BCUT2D eigenvalue weighted by Gasteiger charge is 2.28. The Bertz CT molecular complexity index is 1320. The molecule has 0 saturated carbocycles. The lowest BCUT2D eigenvalue weighted by Crippen LogP contribution is -2.17. The Morgan fingerprint density at radius 2 is 1.71 bits per heavy atom. The molecule has 7 nitrogen and oxygen atoms in total. The Morgan fingerprint density at radius 3 is 2.32 bits per heavy atom. The van der Waals surface area contributed by atoms with Gasteiger partial charge in [0.1, 0.15) is 5.69 Å². The highest BCUT2D eigenvalue weighted by molar-refractivity contribution is 6.03. The molecule has 1 amide bonds. The monoisotopic (exact) mass is 436 g/mol. The van der Waals surface area contributed by atoms with Crippen molar-refractivity contribution in [3.05, 3.63) is 65.0 Å². The SMILES string of the molecule is CCn1ncc(-c2ccnc3cc(C(=O)Nc4c(F)c(F)c(F)c(F)c4F)nn23)c1C. The summed E-state index contributed by atoms with van der Waals surface area (Å²) in [6.07, 6.45) is 3.09. The molecule has 3 heterocycles. The number of fused-ring (bicyclic) bond motifs is 1. The molecule has 1 N–H and O–H groups in total. The van der Waals surface area contributed by atoms with Gasteiger partial charge in [0.15, 0.2) is 34.6 Å². The summed E-state index contributed by atoms with van der Waals surface area (Å²) in [5, 5.41) is 10.0. The lowest BCUT2D eigenvalue weighted by molar-refractivity contribution is 0.102. The highest BCUT2D eigenvalue weighted by atomic mass is 19.2. The van der Waals surface area contributed by atoms with Crippen LogP contribution in [0.3, 0.4) is 0 Å². The van der Waals surface area contributed by atoms with Gasteiger partial charge in [0.2, 0.25) is 5.82 Å². The molecule has 0 spiro atoms. The van der Waals surface area contributed by atoms with E-state index in [9.17, 15) is 26.7 Å². The average Bonchev–Trinajstić information content (AvgIpc) is 3.37. The molecule has 0 aliphatic rings. The van der Waals surface area contributed by atoms with E-state index in [1.165, 1.54) is 16.8 Å². The number of amides is 1. The molecule has 0 radical (unpaired) electrons. The fourth-order valence-electron chi connectivity index (χ4n) is 3.12. The summed E-state index contributed by atoms with van der Waals surface area (Å²) in [5.41, 5.74) is 0.499. The van der Waals surface area contributed by atoms with Crippen LogP contribution in [-0.2, 0) is 6.54 Å². The van der Waals surface area contributed by atoms with Gasteiger partial charge in [-0.25, -0.2) is 31.5 Å². The van der Waals surface area contributed by atoms with Gasteiger partial charge < -0.3 is 5.32 Å². The third-order valence-corrected chi connectivity index (χ3v) is 4.72. The molecule has 4 rings (SSSR count). The molecule has 0 aliphatic heterocycles. The van der Waals surface area contributed by atoms with E-state index in [4.69, 9.17) is 0 Å². The van der Waals surface area contributed by atoms with Gasteiger partial charge in [0, 0.05) is 30.1 Å². The third-order valence-electron chi connectivity index (χ3n) is 4.72. The molecule has 0 atom stereocenters. The number of aromatic nitrogens is 5. The standard InChI is InChI=1S/C19H13F5N6O/c1-3-29-8(2)9(7-26-29)11-4-5-25-12-6-10(28-30(11)12)19(31)27-18-16(23)14(21)13(20)15(22)17(18)24/h4-7H,3H2,1-2H3,(H,27,31). The van der Waals surface area contributed by atoms with Crippen LogP contribution < -0.4 is 5.32 Å². The van der Waals surface area contributed by atoms with Crippen LogP contribution in [-0.4, -0.2) is 30.3 Å². The molecule has 4 aromatic rings. The largest absolute Gasteiger partial charge is 0.315 e. The predicted molar refractivity (Wildman–Crippen MR) is 98.8 cm³/mol. The lowest BCUT2D eigenvalue weighted by atomic mass is 10.2. The van der Waals surface area contributed by atoms with Crippen LogP contribution in [0.5, 0.6) is 0 Å². The summed E-state index contributed by atoms with van der Waals surface area (Å²) < 4.78 is 70.8. The molecule has 1 aromatic carbocycles. The van der Waals surface area contributed by atoms with Crippen LogP contribution >= 0.6 is 0 Å². The zero-order valence-electron chi connectivity index (χ0n) is 16.1. The molecular weight excluding hydrogens is 423 g/mol. The Hall–Kier alpha value is -3.83. The van der Waals surface area contributed by atoms with E-state index in [0.29, 0.717) is 17.8 Å². The minimum absolute atomic E-state index is 0.226. The Labute approximate surface area is 171 Å². The lowest BCUT2D eigenvalue weighted by Gasteiger charge is -2.08. The van der Waals surface area contributed by atoms with Crippen molar-refractivity contribution in [3.8, 4) is 11.3 Å². The molecular formula is C19H13F5N6O. The van der Waals surface area contributed by atoms with E-state index in [0.717, 1.165) is 5.69 Å². The van der Waals surface area contributed by atoms with E-state index in [1.54, 1.807) is 22.3 Å². The first-order valence-electron chi connectivity index (χ1n) is 8.94. The smallest absolute Gasteiger partial charge is 0.276 e. The van der Waals surface area contributed by atoms with Crippen LogP contribution in [0.15, 0.2) is 24.5 Å². The van der Waals surface area contributed by atoms with Crippen molar-refractivity contribution in [1.82, 2.24) is 24.4 Å². The molecule has 0 saturated heterocycles. The zero-order valence-corrected chi connectivity index (χ0v) is 16.1. The minimum Gasteiger partial charge on any atom is -0.315 e. The molecule has 160 valence electrons. The fourth-order valence-corrected chi connectivity index (χ4v) is 3.12. The second-order valence-corrected chi connectivity index (χ2v) is 6.49. The first-order valence-corrected chi connectivity index (χ1v) is 8.94. The van der Waals surface area contributed by atoms with Gasteiger partial charge >= 0.3 is 0 Å². The summed E-state index contributed by atoms with van der Waals surface area (Å²) >= 11 is 0. The average molecular weight is 436 g/mol. The number of hydrogen-bond acceptors (Lipinski definition) is 4. The number of hydrogen-bond donors (Lipinski definition) is 1. The van der Waals surface area contributed by atoms with Gasteiger partial charge in [-0.3, -0.25) is 9.48 Å². The van der Waals surface area contributed by atoms with Gasteiger partial charge in [-0.2, -0.15) is 10.2 Å². The van der Waals surface area contributed by atoms with Crippen LogP contribution in [0.4, 0.5) is 27.6 Å². The summed E-state index contributed by atoms with van der Waals surface area (Å²) in [4.78, 5) is 16.5. The second kappa shape index (κ2) is 7.45. The number of carbonyl (C=O) groups excluding carboxylic acids is 1. The normalized spacial score (nSPS) is 11.3. The number of benzene rings is 1. The highest BCUT2D eigenvalue weighted by Crippen LogP contribution is 2.28. The van der Waals surface area contributed by atoms with E-state index >= 15 is 0 Å². The summed E-state index contributed by atoms with van der Waals surface area (Å²) in [6.45, 7) is 4.40. The fraction of sp³-hybridized carbons (Fsp3) is 0.158. The van der Waals surface area contributed by atoms with Crippen molar-refractivity contribution < 1.29 is 26.7 Å². The molecule has 0 aliphatic carbocycles. The van der Waals surface area contributed by atoms with Gasteiger partial charge in [-0.05, 0) is 19.9 Å². The molecule has 0 bridgehead atoms. The van der Waals surface area contributed by atoms with Crippen molar-refractivity contribution in [3.63, 3.8) is 0 Å². The first kappa shape index (κ1) is 20.4. The quantitative estimate of drug-likeness (QED) is 0.299.